The van der Waals surface area contributed by atoms with Crippen LogP contribution in [0.3, 0.4) is 0 Å². The number of aliphatic carboxylic acids is 2. The molecule has 8 nitrogen and oxygen atoms in total. The van der Waals surface area contributed by atoms with E-state index in [0.717, 1.165) is 0 Å². The van der Waals surface area contributed by atoms with Gasteiger partial charge in [0.15, 0.2) is 6.29 Å². The van der Waals surface area contributed by atoms with Crippen LogP contribution in [0.25, 0.3) is 0 Å². The lowest BCUT2D eigenvalue weighted by Crippen LogP contribution is -2.52. The topological polar surface area (TPSA) is 117 Å². The lowest BCUT2D eigenvalue weighted by Gasteiger charge is -2.41. The van der Waals surface area contributed by atoms with Crippen LogP contribution in [0, 0.1) is 11.8 Å². The summed E-state index contributed by atoms with van der Waals surface area (Å²) < 4.78 is 10.5. The van der Waals surface area contributed by atoms with Crippen LogP contribution in [0.2, 0.25) is 0 Å². The lowest BCUT2D eigenvalue weighted by atomic mass is 9.75. The Balaban J connectivity index is 2.29. The number of aliphatic hydroxyl groups is 1. The molecular formula is C14H21NO7. The van der Waals surface area contributed by atoms with Crippen LogP contribution in [-0.4, -0.2) is 71.3 Å². The van der Waals surface area contributed by atoms with Gasteiger partial charge in [-0.3, -0.25) is 14.5 Å². The largest absolute Gasteiger partial charge is 0.511 e. The highest BCUT2D eigenvalue weighted by Crippen LogP contribution is 2.37. The van der Waals surface area contributed by atoms with Crippen molar-refractivity contribution in [1.29, 1.82) is 0 Å². The molecule has 0 aromatic rings. The quantitative estimate of drug-likeness (QED) is 0.678. The van der Waals surface area contributed by atoms with E-state index in [0.29, 0.717) is 19.7 Å². The maximum absolute atomic E-state index is 11.4. The third kappa shape index (κ3) is 3.08. The van der Waals surface area contributed by atoms with Gasteiger partial charge in [0.1, 0.15) is 5.76 Å². The molecule has 0 bridgehead atoms. The molecule has 2 aliphatic rings. The molecule has 124 valence electrons. The Bertz CT molecular complexity index is 490. The van der Waals surface area contributed by atoms with Gasteiger partial charge in [-0.2, -0.15) is 0 Å². The minimum absolute atomic E-state index is 0.0475. The molecule has 1 aliphatic heterocycles. The molecule has 0 spiro atoms. The maximum atomic E-state index is 11.4. The molecule has 1 aliphatic carbocycles. The standard InChI is InChI=1S/C14H21NO7/c1-7-11(14(19)20)8(13(17)18)5-9(12(7)16)15-3-4-22-10(6-15)21-2/h8-11,16H,3-6H2,1-2H3,(H,17,18)(H,19,20)/t8-,9+,10+,11?/m1/s1. The number of aliphatic hydroxyl groups excluding tert-OH is 1. The molecular weight excluding hydrogens is 294 g/mol. The number of rotatable bonds is 4. The summed E-state index contributed by atoms with van der Waals surface area (Å²) in [6, 6.07) is -0.529. The van der Waals surface area contributed by atoms with Gasteiger partial charge >= 0.3 is 11.9 Å². The van der Waals surface area contributed by atoms with E-state index in [1.54, 1.807) is 0 Å². The Kier molecular flexibility index (Phi) is 5.05. The van der Waals surface area contributed by atoms with Crippen molar-refractivity contribution in [2.24, 2.45) is 11.8 Å². The molecule has 2 rings (SSSR count). The summed E-state index contributed by atoms with van der Waals surface area (Å²) >= 11 is 0. The molecule has 1 fully saturated rings. The van der Waals surface area contributed by atoms with Crippen LogP contribution < -0.4 is 0 Å². The Hall–Kier alpha value is -1.64. The predicted molar refractivity (Wildman–Crippen MR) is 74.3 cm³/mol. The van der Waals surface area contributed by atoms with Crippen molar-refractivity contribution in [3.63, 3.8) is 0 Å². The van der Waals surface area contributed by atoms with Crippen LogP contribution in [0.4, 0.5) is 0 Å². The van der Waals surface area contributed by atoms with E-state index < -0.39 is 36.1 Å². The summed E-state index contributed by atoms with van der Waals surface area (Å²) in [7, 11) is 1.51. The summed E-state index contributed by atoms with van der Waals surface area (Å²) in [6.07, 6.45) is -0.395. The van der Waals surface area contributed by atoms with E-state index in [1.165, 1.54) is 14.0 Å². The molecule has 0 aromatic carbocycles. The zero-order valence-electron chi connectivity index (χ0n) is 12.6. The van der Waals surface area contributed by atoms with Crippen molar-refractivity contribution >= 4 is 11.9 Å². The highest BCUT2D eigenvalue weighted by Gasteiger charge is 2.45. The summed E-state index contributed by atoms with van der Waals surface area (Å²) in [5, 5.41) is 29.0. The third-order valence-electron chi connectivity index (χ3n) is 4.42. The van der Waals surface area contributed by atoms with Crippen molar-refractivity contribution in [3.05, 3.63) is 11.3 Å². The van der Waals surface area contributed by atoms with Gasteiger partial charge < -0.3 is 24.8 Å². The number of morpholine rings is 1. The van der Waals surface area contributed by atoms with E-state index in [2.05, 4.69) is 0 Å². The number of carboxylic acid groups (broad SMARTS) is 2. The first-order valence-electron chi connectivity index (χ1n) is 7.10. The first-order chi connectivity index (χ1) is 10.4. The number of ether oxygens (including phenoxy) is 2. The van der Waals surface area contributed by atoms with Crippen molar-refractivity contribution < 1.29 is 34.4 Å². The van der Waals surface area contributed by atoms with Crippen LogP contribution in [-0.2, 0) is 19.1 Å². The average molecular weight is 315 g/mol. The molecule has 3 N–H and O–H groups in total. The fourth-order valence-corrected chi connectivity index (χ4v) is 3.20. The summed E-state index contributed by atoms with van der Waals surface area (Å²) in [5.74, 6) is -4.72. The van der Waals surface area contributed by atoms with Crippen LogP contribution in [0.15, 0.2) is 11.3 Å². The maximum Gasteiger partial charge on any atom is 0.311 e. The SMILES string of the molecule is CO[C@@H]1CN([C@H]2C[C@@H](C(=O)O)C(C(=O)O)C(C)=C2O)CCO1. The zero-order valence-corrected chi connectivity index (χ0v) is 12.6. The fourth-order valence-electron chi connectivity index (χ4n) is 3.20. The number of hydrogen-bond acceptors (Lipinski definition) is 6. The van der Waals surface area contributed by atoms with Gasteiger partial charge in [0.05, 0.1) is 31.0 Å². The molecule has 4 atom stereocenters. The summed E-state index contributed by atoms with van der Waals surface area (Å²) in [5.41, 5.74) is 0.205. The van der Waals surface area contributed by atoms with Crippen molar-refractivity contribution in [2.45, 2.75) is 25.7 Å². The number of nitrogens with zero attached hydrogens (tertiary/aromatic N) is 1. The van der Waals surface area contributed by atoms with Gasteiger partial charge in [0.2, 0.25) is 0 Å². The predicted octanol–water partition coefficient (Wildman–Crippen LogP) is 0.297. The molecule has 0 aromatic heterocycles. The van der Waals surface area contributed by atoms with Crippen LogP contribution in [0.5, 0.6) is 0 Å². The van der Waals surface area contributed by atoms with E-state index in [9.17, 15) is 24.9 Å². The monoisotopic (exact) mass is 315 g/mol. The molecule has 1 saturated heterocycles. The second kappa shape index (κ2) is 6.64. The second-order valence-electron chi connectivity index (χ2n) is 5.61. The molecule has 1 heterocycles. The van der Waals surface area contributed by atoms with Crippen LogP contribution in [0.1, 0.15) is 13.3 Å². The van der Waals surface area contributed by atoms with E-state index in [4.69, 9.17) is 9.47 Å². The summed E-state index contributed by atoms with van der Waals surface area (Å²) in [4.78, 5) is 24.7. The normalized spacial score (nSPS) is 33.7. The second-order valence-corrected chi connectivity index (χ2v) is 5.61. The Morgan fingerprint density at radius 3 is 2.55 bits per heavy atom. The fraction of sp³-hybridized carbons (Fsp3) is 0.714. The van der Waals surface area contributed by atoms with Gasteiger partial charge in [-0.1, -0.05) is 0 Å². The average Bonchev–Trinajstić information content (AvgIpc) is 2.49. The van der Waals surface area contributed by atoms with Crippen LogP contribution >= 0.6 is 0 Å². The Morgan fingerprint density at radius 2 is 2.00 bits per heavy atom. The number of carboxylic acids is 2. The van der Waals surface area contributed by atoms with E-state index >= 15 is 0 Å². The van der Waals surface area contributed by atoms with Gasteiger partial charge in [0, 0.05) is 13.7 Å². The minimum Gasteiger partial charge on any atom is -0.511 e. The van der Waals surface area contributed by atoms with Gasteiger partial charge in [-0.15, -0.1) is 0 Å². The first-order valence-corrected chi connectivity index (χ1v) is 7.10. The molecule has 0 radical (unpaired) electrons. The Morgan fingerprint density at radius 1 is 1.32 bits per heavy atom. The van der Waals surface area contributed by atoms with Gasteiger partial charge in [-0.05, 0) is 18.9 Å². The first kappa shape index (κ1) is 16.7. The minimum atomic E-state index is -1.23. The molecule has 1 unspecified atom stereocenters. The number of carbonyl (C=O) groups is 2. The lowest BCUT2D eigenvalue weighted by molar-refractivity contribution is -0.173. The van der Waals surface area contributed by atoms with Crippen molar-refractivity contribution in [3.8, 4) is 0 Å². The van der Waals surface area contributed by atoms with Gasteiger partial charge in [0.25, 0.3) is 0 Å². The van der Waals surface area contributed by atoms with Crippen molar-refractivity contribution in [2.75, 3.05) is 26.8 Å². The molecule has 8 heteroatoms. The van der Waals surface area contributed by atoms with E-state index in [-0.39, 0.29) is 17.8 Å². The van der Waals surface area contributed by atoms with Crippen molar-refractivity contribution in [1.82, 2.24) is 4.90 Å². The third-order valence-corrected chi connectivity index (χ3v) is 4.42. The smallest absolute Gasteiger partial charge is 0.311 e. The van der Waals surface area contributed by atoms with Gasteiger partial charge in [-0.25, -0.2) is 0 Å². The highest BCUT2D eigenvalue weighted by atomic mass is 16.7. The zero-order chi connectivity index (χ0) is 16.4. The number of hydrogen-bond donors (Lipinski definition) is 3. The molecule has 0 saturated carbocycles. The highest BCUT2D eigenvalue weighted by molar-refractivity contribution is 5.83. The summed E-state index contributed by atoms with van der Waals surface area (Å²) in [6.45, 7) is 2.79. The molecule has 0 amide bonds. The van der Waals surface area contributed by atoms with E-state index in [1.807, 2.05) is 4.90 Å². The molecule has 22 heavy (non-hydrogen) atoms. The Labute approximate surface area is 127 Å². The number of methoxy groups -OCH3 is 1.